The Bertz CT molecular complexity index is 1140. The normalized spacial score (nSPS) is 19.3. The summed E-state index contributed by atoms with van der Waals surface area (Å²) in [5.74, 6) is 0.150. The van der Waals surface area contributed by atoms with E-state index in [1.165, 1.54) is 0 Å². The Morgan fingerprint density at radius 3 is 2.57 bits per heavy atom. The van der Waals surface area contributed by atoms with E-state index in [-0.39, 0.29) is 5.92 Å². The third-order valence-electron chi connectivity index (χ3n) is 5.77. The largest absolute Gasteiger partial charge is 0.396 e. The van der Waals surface area contributed by atoms with Crippen LogP contribution in [0.25, 0.3) is 22.0 Å². The molecule has 6 heteroatoms. The minimum Gasteiger partial charge on any atom is -0.396 e. The fraction of sp³-hybridized carbons (Fsp3) is 0.318. The monoisotopic (exact) mass is 389 g/mol. The van der Waals surface area contributed by atoms with Gasteiger partial charge in [0.1, 0.15) is 0 Å². The Balaban J connectivity index is 1.92. The van der Waals surface area contributed by atoms with Gasteiger partial charge in [0.15, 0.2) is 0 Å². The second kappa shape index (κ2) is 7.19. The minimum atomic E-state index is 0.150. The van der Waals surface area contributed by atoms with Crippen molar-refractivity contribution in [2.45, 2.75) is 38.6 Å². The van der Waals surface area contributed by atoms with Crippen LogP contribution in [-0.2, 0) is 0 Å². The number of aromatic nitrogens is 2. The Labute approximate surface area is 169 Å². The average molecular weight is 390 g/mol. The van der Waals surface area contributed by atoms with Crippen LogP contribution in [-0.4, -0.2) is 9.55 Å². The molecule has 3 aromatic rings. The quantitative estimate of drug-likeness (QED) is 0.637. The molecule has 0 unspecified atom stereocenters. The molecule has 1 aliphatic rings. The van der Waals surface area contributed by atoms with E-state index in [1.807, 2.05) is 13.0 Å². The van der Waals surface area contributed by atoms with E-state index in [0.717, 1.165) is 53.3 Å². The molecule has 140 valence electrons. The van der Waals surface area contributed by atoms with E-state index in [1.54, 1.807) is 12.4 Å². The van der Waals surface area contributed by atoms with Crippen LogP contribution in [0.5, 0.6) is 0 Å². The van der Waals surface area contributed by atoms with Gasteiger partial charge in [-0.05, 0) is 50.3 Å². The van der Waals surface area contributed by atoms with Gasteiger partial charge in [-0.2, -0.15) is 10.5 Å². The molecule has 1 aromatic carbocycles. The van der Waals surface area contributed by atoms with E-state index >= 15 is 0 Å². The van der Waals surface area contributed by atoms with Crippen LogP contribution >= 0.6 is 11.6 Å². The fourth-order valence-corrected chi connectivity index (χ4v) is 4.37. The van der Waals surface area contributed by atoms with Crippen LogP contribution in [0.1, 0.15) is 42.9 Å². The third kappa shape index (κ3) is 2.99. The summed E-state index contributed by atoms with van der Waals surface area (Å²) in [6.07, 6.45) is 9.10. The molecular formula is C22H20ClN5. The zero-order chi connectivity index (χ0) is 19.8. The average Bonchev–Trinajstić information content (AvgIpc) is 3.07. The zero-order valence-corrected chi connectivity index (χ0v) is 16.4. The number of anilines is 1. The third-order valence-corrected chi connectivity index (χ3v) is 6.19. The Hall–Kier alpha value is -3.02. The van der Waals surface area contributed by atoms with Gasteiger partial charge in [-0.1, -0.05) is 11.6 Å². The molecule has 2 N–H and O–H groups in total. The maximum Gasteiger partial charge on any atom is 0.0994 e. The maximum absolute atomic E-state index is 9.50. The van der Waals surface area contributed by atoms with E-state index in [4.69, 9.17) is 17.3 Å². The van der Waals surface area contributed by atoms with Crippen molar-refractivity contribution in [1.82, 2.24) is 9.55 Å². The Morgan fingerprint density at radius 1 is 1.14 bits per heavy atom. The van der Waals surface area contributed by atoms with Gasteiger partial charge in [0, 0.05) is 46.4 Å². The summed E-state index contributed by atoms with van der Waals surface area (Å²) in [5, 5.41) is 20.2. The number of nitrogen functional groups attached to an aromatic ring is 1. The predicted octanol–water partition coefficient (Wildman–Crippen LogP) is 5.37. The van der Waals surface area contributed by atoms with Gasteiger partial charge in [0.25, 0.3) is 0 Å². The topological polar surface area (TPSA) is 91.4 Å². The highest BCUT2D eigenvalue weighted by Crippen LogP contribution is 2.41. The summed E-state index contributed by atoms with van der Waals surface area (Å²) in [7, 11) is 0. The molecule has 1 aliphatic carbocycles. The molecular weight excluding hydrogens is 370 g/mol. The molecule has 2 heterocycles. The van der Waals surface area contributed by atoms with Crippen molar-refractivity contribution < 1.29 is 0 Å². The lowest BCUT2D eigenvalue weighted by atomic mass is 9.87. The van der Waals surface area contributed by atoms with Crippen molar-refractivity contribution in [3.8, 4) is 23.3 Å². The van der Waals surface area contributed by atoms with Gasteiger partial charge in [0.05, 0.1) is 34.6 Å². The molecule has 0 amide bonds. The summed E-state index contributed by atoms with van der Waals surface area (Å²) in [5.41, 5.74) is 10.8. The summed E-state index contributed by atoms with van der Waals surface area (Å²) in [6.45, 7) is 1.95. The van der Waals surface area contributed by atoms with Gasteiger partial charge in [0.2, 0.25) is 0 Å². The van der Waals surface area contributed by atoms with Crippen LogP contribution < -0.4 is 5.73 Å². The van der Waals surface area contributed by atoms with Gasteiger partial charge >= 0.3 is 0 Å². The number of hydrogen-bond acceptors (Lipinski definition) is 4. The Morgan fingerprint density at radius 2 is 1.89 bits per heavy atom. The summed E-state index contributed by atoms with van der Waals surface area (Å²) in [6, 6.07) is 8.99. The van der Waals surface area contributed by atoms with Crippen LogP contribution in [0, 0.1) is 35.5 Å². The first-order valence-corrected chi connectivity index (χ1v) is 9.75. The number of pyridine rings is 1. The molecule has 0 spiro atoms. The SMILES string of the molecule is Cc1cc2c(cc1C#N)c(-c1cncc(N)c1Cl)cn2[C@H]1CC[C@H](C#N)CC1. The molecule has 1 saturated carbocycles. The van der Waals surface area contributed by atoms with Gasteiger partial charge in [-0.3, -0.25) is 4.98 Å². The molecule has 0 radical (unpaired) electrons. The first-order chi connectivity index (χ1) is 13.5. The van der Waals surface area contributed by atoms with Crippen LogP contribution in [0.4, 0.5) is 5.69 Å². The predicted molar refractivity (Wildman–Crippen MR) is 111 cm³/mol. The lowest BCUT2D eigenvalue weighted by molar-refractivity contribution is 0.319. The number of hydrogen-bond donors (Lipinski definition) is 1. The summed E-state index contributed by atoms with van der Waals surface area (Å²) < 4.78 is 2.28. The minimum absolute atomic E-state index is 0.150. The summed E-state index contributed by atoms with van der Waals surface area (Å²) >= 11 is 6.49. The van der Waals surface area contributed by atoms with Gasteiger partial charge < -0.3 is 10.3 Å². The van der Waals surface area contributed by atoms with Crippen molar-refractivity contribution in [1.29, 1.82) is 10.5 Å². The first kappa shape index (κ1) is 18.3. The smallest absolute Gasteiger partial charge is 0.0994 e. The highest BCUT2D eigenvalue weighted by molar-refractivity contribution is 6.36. The van der Waals surface area contributed by atoms with Gasteiger partial charge in [-0.15, -0.1) is 0 Å². The number of fused-ring (bicyclic) bond motifs is 1. The van der Waals surface area contributed by atoms with Crippen molar-refractivity contribution in [2.75, 3.05) is 5.73 Å². The second-order valence-corrected chi connectivity index (χ2v) is 7.85. The maximum atomic E-state index is 9.50. The molecule has 5 nitrogen and oxygen atoms in total. The molecule has 0 bridgehead atoms. The molecule has 2 aromatic heterocycles. The fourth-order valence-electron chi connectivity index (χ4n) is 4.17. The van der Waals surface area contributed by atoms with Crippen molar-refractivity contribution >= 4 is 28.2 Å². The number of nitrogens with two attached hydrogens (primary N) is 1. The standard InChI is InChI=1S/C22H20ClN5/c1-13-6-21-17(7-15(13)9-25)19(18-10-27-11-20(26)22(18)23)12-28(21)16-4-2-14(8-24)3-5-16/h6-7,10-12,14,16H,2-5,26H2,1H3/t14-,16-. The van der Waals surface area contributed by atoms with Crippen molar-refractivity contribution in [3.63, 3.8) is 0 Å². The molecule has 4 rings (SSSR count). The van der Waals surface area contributed by atoms with E-state index in [2.05, 4.69) is 34.0 Å². The highest BCUT2D eigenvalue weighted by atomic mass is 35.5. The molecule has 28 heavy (non-hydrogen) atoms. The lowest BCUT2D eigenvalue weighted by Gasteiger charge is -2.27. The summed E-state index contributed by atoms with van der Waals surface area (Å²) in [4.78, 5) is 4.21. The lowest BCUT2D eigenvalue weighted by Crippen LogP contribution is -2.16. The van der Waals surface area contributed by atoms with Gasteiger partial charge in [-0.25, -0.2) is 0 Å². The van der Waals surface area contributed by atoms with E-state index in [9.17, 15) is 10.5 Å². The molecule has 0 atom stereocenters. The number of aryl methyl sites for hydroxylation is 1. The van der Waals surface area contributed by atoms with Crippen molar-refractivity contribution in [3.05, 3.63) is 46.9 Å². The molecule has 1 fully saturated rings. The number of halogens is 1. The highest BCUT2D eigenvalue weighted by Gasteiger charge is 2.25. The van der Waals surface area contributed by atoms with Crippen LogP contribution in [0.3, 0.4) is 0 Å². The van der Waals surface area contributed by atoms with Crippen molar-refractivity contribution in [2.24, 2.45) is 5.92 Å². The zero-order valence-electron chi connectivity index (χ0n) is 15.6. The van der Waals surface area contributed by atoms with E-state index < -0.39 is 0 Å². The number of benzene rings is 1. The number of rotatable bonds is 2. The second-order valence-electron chi connectivity index (χ2n) is 7.47. The van der Waals surface area contributed by atoms with Crippen LogP contribution in [0.2, 0.25) is 5.02 Å². The molecule has 0 saturated heterocycles. The number of nitrogens with zero attached hydrogens (tertiary/aromatic N) is 4. The number of nitriles is 2. The van der Waals surface area contributed by atoms with E-state index in [0.29, 0.717) is 22.3 Å². The molecule has 0 aliphatic heterocycles. The Kier molecular flexibility index (Phi) is 4.71. The van der Waals surface area contributed by atoms with Crippen LogP contribution in [0.15, 0.2) is 30.7 Å². The first-order valence-electron chi connectivity index (χ1n) is 9.37.